The Hall–Kier alpha value is -1.31. The number of hydrogen-bond donors (Lipinski definition) is 0. The van der Waals surface area contributed by atoms with Gasteiger partial charge in [-0.15, -0.1) is 0 Å². The van der Waals surface area contributed by atoms with Crippen LogP contribution in [0.1, 0.15) is 36.5 Å². The summed E-state index contributed by atoms with van der Waals surface area (Å²) in [5.41, 5.74) is 4.27. The zero-order valence-corrected chi connectivity index (χ0v) is 10.5. The maximum Gasteiger partial charge on any atom is 0.309 e. The van der Waals surface area contributed by atoms with Crippen molar-refractivity contribution in [3.05, 3.63) is 34.9 Å². The Balaban J connectivity index is 1.90. The van der Waals surface area contributed by atoms with E-state index < -0.39 is 0 Å². The summed E-state index contributed by atoms with van der Waals surface area (Å²) in [6, 6.07) is 6.65. The fraction of sp³-hybridized carbons (Fsp3) is 0.533. The minimum atomic E-state index is 0.00172. The van der Waals surface area contributed by atoms with Gasteiger partial charge < -0.3 is 4.74 Å². The normalized spacial score (nSPS) is 29.2. The van der Waals surface area contributed by atoms with Crippen molar-refractivity contribution in [1.29, 1.82) is 0 Å². The molecule has 0 radical (unpaired) electrons. The first kappa shape index (κ1) is 10.8. The third-order valence-electron chi connectivity index (χ3n) is 4.29. The molecule has 0 aromatic heterocycles. The zero-order valence-electron chi connectivity index (χ0n) is 10.5. The molecule has 1 spiro atoms. The van der Waals surface area contributed by atoms with Crippen molar-refractivity contribution in [1.82, 2.24) is 0 Å². The minimum Gasteiger partial charge on any atom is -0.466 e. The van der Waals surface area contributed by atoms with Gasteiger partial charge in [-0.1, -0.05) is 23.8 Å². The lowest BCUT2D eigenvalue weighted by molar-refractivity contribution is -0.145. The highest BCUT2D eigenvalue weighted by Crippen LogP contribution is 2.61. The van der Waals surface area contributed by atoms with E-state index in [2.05, 4.69) is 25.1 Å². The highest BCUT2D eigenvalue weighted by atomic mass is 16.5. The van der Waals surface area contributed by atoms with Gasteiger partial charge in [-0.3, -0.25) is 4.79 Å². The fourth-order valence-electron chi connectivity index (χ4n) is 3.30. The number of benzene rings is 1. The first-order chi connectivity index (χ1) is 8.17. The summed E-state index contributed by atoms with van der Waals surface area (Å²) >= 11 is 0. The third kappa shape index (κ3) is 1.50. The molecule has 0 amide bonds. The highest BCUT2D eigenvalue weighted by molar-refractivity contribution is 5.80. The average Bonchev–Trinajstić information content (AvgIpc) is 2.93. The van der Waals surface area contributed by atoms with Gasteiger partial charge in [0.25, 0.3) is 0 Å². The van der Waals surface area contributed by atoms with Gasteiger partial charge in [0.05, 0.1) is 12.5 Å². The molecule has 2 nitrogen and oxygen atoms in total. The second-order valence-corrected chi connectivity index (χ2v) is 5.33. The van der Waals surface area contributed by atoms with E-state index in [4.69, 9.17) is 4.74 Å². The largest absolute Gasteiger partial charge is 0.466 e. The molecule has 1 aromatic rings. The summed E-state index contributed by atoms with van der Waals surface area (Å²) < 4.78 is 5.16. The molecule has 3 rings (SSSR count). The van der Waals surface area contributed by atoms with E-state index in [1.165, 1.54) is 16.7 Å². The smallest absolute Gasteiger partial charge is 0.309 e. The summed E-state index contributed by atoms with van der Waals surface area (Å²) in [7, 11) is 0. The average molecular weight is 230 g/mol. The quantitative estimate of drug-likeness (QED) is 0.730. The van der Waals surface area contributed by atoms with Crippen LogP contribution in [-0.2, 0) is 21.4 Å². The molecule has 0 N–H and O–H groups in total. The second-order valence-electron chi connectivity index (χ2n) is 5.33. The maximum atomic E-state index is 11.8. The maximum absolute atomic E-state index is 11.8. The molecule has 2 heteroatoms. The van der Waals surface area contributed by atoms with Crippen molar-refractivity contribution >= 4 is 5.97 Å². The van der Waals surface area contributed by atoms with Crippen molar-refractivity contribution in [2.24, 2.45) is 5.92 Å². The fourth-order valence-corrected chi connectivity index (χ4v) is 3.30. The van der Waals surface area contributed by atoms with Crippen LogP contribution in [0.4, 0.5) is 0 Å². The van der Waals surface area contributed by atoms with Crippen LogP contribution in [0.2, 0.25) is 0 Å². The number of rotatable bonds is 2. The first-order valence-corrected chi connectivity index (χ1v) is 6.44. The van der Waals surface area contributed by atoms with E-state index in [0.29, 0.717) is 6.61 Å². The SMILES string of the molecule is CCOC(=O)C1CC12CCc1ccc(C)cc12. The number of ether oxygens (including phenoxy) is 1. The van der Waals surface area contributed by atoms with Crippen LogP contribution >= 0.6 is 0 Å². The van der Waals surface area contributed by atoms with Gasteiger partial charge in [0.1, 0.15) is 0 Å². The predicted octanol–water partition coefficient (Wildman–Crippen LogP) is 2.76. The molecule has 90 valence electrons. The van der Waals surface area contributed by atoms with Crippen molar-refractivity contribution in [3.63, 3.8) is 0 Å². The third-order valence-corrected chi connectivity index (χ3v) is 4.29. The Labute approximate surface area is 102 Å². The van der Waals surface area contributed by atoms with Gasteiger partial charge in [0.15, 0.2) is 0 Å². The molecule has 0 aliphatic heterocycles. The van der Waals surface area contributed by atoms with E-state index in [0.717, 1.165) is 19.3 Å². The summed E-state index contributed by atoms with van der Waals surface area (Å²) in [5.74, 6) is 0.118. The van der Waals surface area contributed by atoms with Crippen molar-refractivity contribution in [2.75, 3.05) is 6.61 Å². The molecule has 2 unspecified atom stereocenters. The van der Waals surface area contributed by atoms with E-state index in [9.17, 15) is 4.79 Å². The minimum absolute atomic E-state index is 0.00172. The summed E-state index contributed by atoms with van der Waals surface area (Å²) in [4.78, 5) is 11.8. The standard InChI is InChI=1S/C15H18O2/c1-3-17-14(16)13-9-15(13)7-6-11-5-4-10(2)8-12(11)15/h4-5,8,13H,3,6-7,9H2,1-2H3. The lowest BCUT2D eigenvalue weighted by Crippen LogP contribution is -2.15. The number of fused-ring (bicyclic) bond motifs is 2. The molecule has 2 atom stereocenters. The van der Waals surface area contributed by atoms with Gasteiger partial charge in [-0.05, 0) is 44.2 Å². The van der Waals surface area contributed by atoms with Gasteiger partial charge >= 0.3 is 5.97 Å². The molecular formula is C15H18O2. The van der Waals surface area contributed by atoms with Crippen LogP contribution in [0.3, 0.4) is 0 Å². The van der Waals surface area contributed by atoms with Crippen molar-refractivity contribution < 1.29 is 9.53 Å². The summed E-state index contributed by atoms with van der Waals surface area (Å²) in [6.07, 6.45) is 3.23. The number of carbonyl (C=O) groups is 1. The molecule has 2 aliphatic carbocycles. The lowest BCUT2D eigenvalue weighted by atomic mass is 9.94. The van der Waals surface area contributed by atoms with Crippen LogP contribution in [0.25, 0.3) is 0 Å². The van der Waals surface area contributed by atoms with Crippen LogP contribution in [0, 0.1) is 12.8 Å². The first-order valence-electron chi connectivity index (χ1n) is 6.44. The second kappa shape index (κ2) is 3.59. The van der Waals surface area contributed by atoms with Crippen LogP contribution in [0.15, 0.2) is 18.2 Å². The Kier molecular flexibility index (Phi) is 2.29. The monoisotopic (exact) mass is 230 g/mol. The molecule has 1 saturated carbocycles. The van der Waals surface area contributed by atoms with Gasteiger partial charge in [-0.25, -0.2) is 0 Å². The molecule has 0 heterocycles. The molecule has 0 saturated heterocycles. The molecule has 17 heavy (non-hydrogen) atoms. The Bertz CT molecular complexity index is 478. The predicted molar refractivity (Wildman–Crippen MR) is 65.9 cm³/mol. The van der Waals surface area contributed by atoms with Gasteiger partial charge in [0, 0.05) is 5.41 Å². The Morgan fingerprint density at radius 2 is 2.35 bits per heavy atom. The van der Waals surface area contributed by atoms with Crippen LogP contribution in [-0.4, -0.2) is 12.6 Å². The summed E-state index contributed by atoms with van der Waals surface area (Å²) in [5, 5.41) is 0. The molecule has 2 aliphatic rings. The Morgan fingerprint density at radius 1 is 1.53 bits per heavy atom. The van der Waals surface area contributed by atoms with E-state index in [-0.39, 0.29) is 17.3 Å². The molecule has 1 fully saturated rings. The van der Waals surface area contributed by atoms with E-state index in [1.807, 2.05) is 6.92 Å². The molecule has 0 bridgehead atoms. The number of carbonyl (C=O) groups excluding carboxylic acids is 1. The van der Waals surface area contributed by atoms with E-state index in [1.54, 1.807) is 0 Å². The number of hydrogen-bond acceptors (Lipinski definition) is 2. The van der Waals surface area contributed by atoms with Crippen molar-refractivity contribution in [2.45, 2.75) is 38.5 Å². The topological polar surface area (TPSA) is 26.3 Å². The van der Waals surface area contributed by atoms with Gasteiger partial charge in [-0.2, -0.15) is 0 Å². The van der Waals surface area contributed by atoms with E-state index >= 15 is 0 Å². The molecular weight excluding hydrogens is 212 g/mol. The van der Waals surface area contributed by atoms with Crippen LogP contribution < -0.4 is 0 Å². The lowest BCUT2D eigenvalue weighted by Gasteiger charge is -2.11. The number of esters is 1. The Morgan fingerprint density at radius 3 is 3.12 bits per heavy atom. The van der Waals surface area contributed by atoms with Crippen molar-refractivity contribution in [3.8, 4) is 0 Å². The highest BCUT2D eigenvalue weighted by Gasteiger charge is 2.62. The van der Waals surface area contributed by atoms with Gasteiger partial charge in [0.2, 0.25) is 0 Å². The molecule has 1 aromatic carbocycles. The number of aryl methyl sites for hydroxylation is 2. The zero-order chi connectivity index (χ0) is 12.0. The summed E-state index contributed by atoms with van der Waals surface area (Å²) in [6.45, 7) is 4.49. The van der Waals surface area contributed by atoms with Crippen LogP contribution in [0.5, 0.6) is 0 Å².